The minimum absolute atomic E-state index is 0.0988. The van der Waals surface area contributed by atoms with Crippen molar-refractivity contribution < 1.29 is 9.13 Å². The van der Waals surface area contributed by atoms with Crippen molar-refractivity contribution in [3.05, 3.63) is 33.5 Å². The number of halogens is 2. The van der Waals surface area contributed by atoms with Crippen LogP contribution >= 0.6 is 15.9 Å². The molecule has 1 aliphatic rings. The van der Waals surface area contributed by atoms with Gasteiger partial charge in [-0.1, -0.05) is 0 Å². The molecule has 0 radical (unpaired) electrons. The fourth-order valence-electron chi connectivity index (χ4n) is 2.80. The van der Waals surface area contributed by atoms with E-state index in [2.05, 4.69) is 20.8 Å². The summed E-state index contributed by atoms with van der Waals surface area (Å²) in [6.07, 6.45) is 0.910. The summed E-state index contributed by atoms with van der Waals surface area (Å²) < 4.78 is 20.0. The van der Waals surface area contributed by atoms with E-state index in [0.717, 1.165) is 24.1 Å². The van der Waals surface area contributed by atoms with E-state index < -0.39 is 0 Å². The lowest BCUT2D eigenvalue weighted by atomic mass is 9.98. The number of benzene rings is 1. The van der Waals surface area contributed by atoms with Crippen molar-refractivity contribution in [2.45, 2.75) is 19.1 Å². The van der Waals surface area contributed by atoms with Crippen molar-refractivity contribution >= 4 is 15.9 Å². The van der Waals surface area contributed by atoms with Gasteiger partial charge in [-0.2, -0.15) is 0 Å². The zero-order valence-corrected chi connectivity index (χ0v) is 12.9. The molecule has 0 bridgehead atoms. The summed E-state index contributed by atoms with van der Waals surface area (Å²) in [5, 5.41) is 0. The quantitative estimate of drug-likeness (QED) is 0.922. The molecule has 0 aliphatic carbocycles. The number of hydrogen-bond donors (Lipinski definition) is 1. The molecule has 1 saturated heterocycles. The van der Waals surface area contributed by atoms with Crippen LogP contribution in [0.4, 0.5) is 4.39 Å². The van der Waals surface area contributed by atoms with Crippen LogP contribution < -0.4 is 5.73 Å². The smallest absolute Gasteiger partial charge is 0.142 e. The minimum Gasteiger partial charge on any atom is -0.380 e. The molecule has 2 rings (SSSR count). The fraction of sp³-hybridized carbons (Fsp3) is 0.571. The molecule has 19 heavy (non-hydrogen) atoms. The Hall–Kier alpha value is -0.490. The van der Waals surface area contributed by atoms with Gasteiger partial charge in [0.15, 0.2) is 0 Å². The summed E-state index contributed by atoms with van der Waals surface area (Å²) in [7, 11) is 3.67. The van der Waals surface area contributed by atoms with Gasteiger partial charge < -0.3 is 10.5 Å². The topological polar surface area (TPSA) is 38.5 Å². The van der Waals surface area contributed by atoms with Crippen LogP contribution in [-0.4, -0.2) is 32.1 Å². The molecular weight excluding hydrogens is 311 g/mol. The molecule has 106 valence electrons. The first-order valence-corrected chi connectivity index (χ1v) is 7.23. The first kappa shape index (κ1) is 14.9. The molecule has 1 aliphatic heterocycles. The molecule has 2 unspecified atom stereocenters. The molecule has 1 aromatic carbocycles. The van der Waals surface area contributed by atoms with E-state index in [1.165, 1.54) is 0 Å². The molecule has 1 fully saturated rings. The van der Waals surface area contributed by atoms with Gasteiger partial charge in [0, 0.05) is 25.3 Å². The normalized spacial score (nSPS) is 24.1. The van der Waals surface area contributed by atoms with Crippen LogP contribution in [0.25, 0.3) is 0 Å². The zero-order valence-electron chi connectivity index (χ0n) is 11.3. The van der Waals surface area contributed by atoms with Crippen LogP contribution in [0.15, 0.2) is 16.6 Å². The summed E-state index contributed by atoms with van der Waals surface area (Å²) in [6.45, 7) is 2.07. The summed E-state index contributed by atoms with van der Waals surface area (Å²) >= 11 is 3.29. The monoisotopic (exact) mass is 330 g/mol. The highest BCUT2D eigenvalue weighted by Gasteiger charge is 2.32. The third-order valence-electron chi connectivity index (χ3n) is 3.75. The Labute approximate surface area is 122 Å². The van der Waals surface area contributed by atoms with Crippen molar-refractivity contribution in [2.75, 3.05) is 27.2 Å². The van der Waals surface area contributed by atoms with Gasteiger partial charge in [0.2, 0.25) is 0 Å². The first-order valence-electron chi connectivity index (χ1n) is 6.43. The summed E-state index contributed by atoms with van der Waals surface area (Å²) in [5.41, 5.74) is 7.45. The van der Waals surface area contributed by atoms with E-state index in [4.69, 9.17) is 10.5 Å². The molecule has 0 saturated carbocycles. The molecule has 0 aromatic heterocycles. The SMILES string of the molecule is COCc1cc(Br)c(F)c(C2CC(CN)CN2C)c1. The lowest BCUT2D eigenvalue weighted by Crippen LogP contribution is -2.21. The van der Waals surface area contributed by atoms with Gasteiger partial charge in [-0.05, 0) is 59.6 Å². The predicted molar refractivity (Wildman–Crippen MR) is 77.3 cm³/mol. The summed E-state index contributed by atoms with van der Waals surface area (Å²) in [6, 6.07) is 3.78. The van der Waals surface area contributed by atoms with Gasteiger partial charge in [-0.3, -0.25) is 4.90 Å². The summed E-state index contributed by atoms with van der Waals surface area (Å²) in [4.78, 5) is 2.18. The van der Waals surface area contributed by atoms with Gasteiger partial charge in [0.25, 0.3) is 0 Å². The van der Waals surface area contributed by atoms with Crippen molar-refractivity contribution in [1.82, 2.24) is 4.90 Å². The lowest BCUT2D eigenvalue weighted by molar-refractivity contribution is 0.184. The van der Waals surface area contributed by atoms with E-state index >= 15 is 0 Å². The molecule has 2 N–H and O–H groups in total. The van der Waals surface area contributed by atoms with Crippen LogP contribution in [-0.2, 0) is 11.3 Å². The van der Waals surface area contributed by atoms with Gasteiger partial charge in [-0.15, -0.1) is 0 Å². The van der Waals surface area contributed by atoms with E-state index in [1.807, 2.05) is 13.1 Å². The van der Waals surface area contributed by atoms with Crippen molar-refractivity contribution in [1.29, 1.82) is 0 Å². The van der Waals surface area contributed by atoms with Gasteiger partial charge in [-0.25, -0.2) is 4.39 Å². The average molecular weight is 331 g/mol. The molecule has 1 aromatic rings. The number of ether oxygens (including phenoxy) is 1. The Bertz CT molecular complexity index is 455. The predicted octanol–water partition coefficient (Wildman–Crippen LogP) is 2.69. The van der Waals surface area contributed by atoms with E-state index in [-0.39, 0.29) is 11.9 Å². The third kappa shape index (κ3) is 3.16. The van der Waals surface area contributed by atoms with E-state index in [1.54, 1.807) is 13.2 Å². The summed E-state index contributed by atoms with van der Waals surface area (Å²) in [5.74, 6) is 0.272. The lowest BCUT2D eigenvalue weighted by Gasteiger charge is -2.21. The maximum atomic E-state index is 14.3. The van der Waals surface area contributed by atoms with Gasteiger partial charge in [0.1, 0.15) is 5.82 Å². The molecule has 5 heteroatoms. The standard InChI is InChI=1S/C14H20BrFN2O/c1-18-7-10(6-17)5-13(18)11-3-9(8-19-2)4-12(15)14(11)16/h3-4,10,13H,5-8,17H2,1-2H3. The highest BCUT2D eigenvalue weighted by Crippen LogP contribution is 2.37. The third-order valence-corrected chi connectivity index (χ3v) is 4.33. The number of hydrogen-bond acceptors (Lipinski definition) is 3. The highest BCUT2D eigenvalue weighted by atomic mass is 79.9. The Morgan fingerprint density at radius 2 is 2.26 bits per heavy atom. The van der Waals surface area contributed by atoms with Gasteiger partial charge in [0.05, 0.1) is 11.1 Å². The molecule has 0 spiro atoms. The second-order valence-electron chi connectivity index (χ2n) is 5.21. The Morgan fingerprint density at radius 3 is 2.84 bits per heavy atom. The van der Waals surface area contributed by atoms with Crippen molar-refractivity contribution in [3.63, 3.8) is 0 Å². The van der Waals surface area contributed by atoms with Crippen LogP contribution in [0.1, 0.15) is 23.6 Å². The van der Waals surface area contributed by atoms with Crippen LogP contribution in [0.5, 0.6) is 0 Å². The molecule has 3 nitrogen and oxygen atoms in total. The highest BCUT2D eigenvalue weighted by molar-refractivity contribution is 9.10. The Balaban J connectivity index is 2.33. The van der Waals surface area contributed by atoms with Crippen molar-refractivity contribution in [2.24, 2.45) is 11.7 Å². The molecule has 1 heterocycles. The number of nitrogens with two attached hydrogens (primary N) is 1. The second kappa shape index (κ2) is 6.31. The zero-order chi connectivity index (χ0) is 14.0. The van der Waals surface area contributed by atoms with Crippen LogP contribution in [0.3, 0.4) is 0 Å². The van der Waals surface area contributed by atoms with Gasteiger partial charge >= 0.3 is 0 Å². The van der Waals surface area contributed by atoms with E-state index in [9.17, 15) is 4.39 Å². The number of nitrogens with zero attached hydrogens (tertiary/aromatic N) is 1. The Kier molecular flexibility index (Phi) is 4.95. The van der Waals surface area contributed by atoms with E-state index in [0.29, 0.717) is 23.5 Å². The molecule has 2 atom stereocenters. The Morgan fingerprint density at radius 1 is 1.53 bits per heavy atom. The number of likely N-dealkylation sites (tertiary alicyclic amines) is 1. The van der Waals surface area contributed by atoms with Crippen molar-refractivity contribution in [3.8, 4) is 0 Å². The average Bonchev–Trinajstić information content (AvgIpc) is 2.75. The fourth-order valence-corrected chi connectivity index (χ4v) is 3.32. The first-order chi connectivity index (χ1) is 9.06. The number of rotatable bonds is 4. The minimum atomic E-state index is -0.172. The molecule has 0 amide bonds. The number of methoxy groups -OCH3 is 1. The van der Waals surface area contributed by atoms with Crippen LogP contribution in [0.2, 0.25) is 0 Å². The second-order valence-corrected chi connectivity index (χ2v) is 6.06. The molecular formula is C14H20BrFN2O. The maximum Gasteiger partial charge on any atom is 0.142 e. The van der Waals surface area contributed by atoms with Crippen LogP contribution in [0, 0.1) is 11.7 Å². The maximum absolute atomic E-state index is 14.3. The largest absolute Gasteiger partial charge is 0.380 e.